The van der Waals surface area contributed by atoms with E-state index in [2.05, 4.69) is 10.3 Å². The predicted octanol–water partition coefficient (Wildman–Crippen LogP) is 4.45. The number of hydrogen-bond donors (Lipinski definition) is 1. The monoisotopic (exact) mass is 412 g/mol. The summed E-state index contributed by atoms with van der Waals surface area (Å²) >= 11 is 6.46. The molecule has 0 spiro atoms. The van der Waals surface area contributed by atoms with Crippen LogP contribution in [0.1, 0.15) is 25.5 Å². The Morgan fingerprint density at radius 2 is 2.10 bits per heavy atom. The molecule has 29 heavy (non-hydrogen) atoms. The Hall–Kier alpha value is -3.39. The molecular weight excluding hydrogens is 396 g/mol. The number of anilines is 1. The van der Waals surface area contributed by atoms with Crippen molar-refractivity contribution in [2.24, 2.45) is 0 Å². The Balaban J connectivity index is 2.03. The molecule has 0 amide bonds. The number of nitro groups is 1. The number of hydrogen-bond acceptors (Lipinski definition) is 6. The predicted molar refractivity (Wildman–Crippen MR) is 109 cm³/mol. The number of esters is 1. The highest BCUT2D eigenvalue weighted by Crippen LogP contribution is 2.42. The summed E-state index contributed by atoms with van der Waals surface area (Å²) in [5.41, 5.74) is 2.67. The minimum absolute atomic E-state index is 0.116. The number of benzene rings is 2. The molecule has 0 fully saturated rings. The van der Waals surface area contributed by atoms with Crippen LogP contribution in [0.25, 0.3) is 11.0 Å². The summed E-state index contributed by atoms with van der Waals surface area (Å²) in [6.07, 6.45) is 0. The van der Waals surface area contributed by atoms with Crippen LogP contribution in [0, 0.1) is 10.1 Å². The maximum Gasteiger partial charge on any atom is 0.338 e. The fraction of sp³-hybridized carbons (Fsp3) is 0.200. The summed E-state index contributed by atoms with van der Waals surface area (Å²) < 4.78 is 7.10. The van der Waals surface area contributed by atoms with Crippen molar-refractivity contribution in [2.75, 3.05) is 11.9 Å². The number of fused-ring (bicyclic) bond motifs is 3. The third-order valence-corrected chi connectivity index (χ3v) is 5.16. The summed E-state index contributed by atoms with van der Waals surface area (Å²) in [7, 11) is 0. The fourth-order valence-corrected chi connectivity index (χ4v) is 3.81. The minimum atomic E-state index is -0.731. The standard InChI is InChI=1S/C20H17ClN4O4/c1-3-29-19(26)17-11(2)22-20-23-15-6-4-5-7-16(15)24(20)18(17)13-10-12(25(27)28)8-9-14(13)21/h4-10,18H,3H2,1-2H3,(H,22,23). The van der Waals surface area contributed by atoms with Gasteiger partial charge in [-0.15, -0.1) is 0 Å². The van der Waals surface area contributed by atoms with E-state index in [0.717, 1.165) is 11.0 Å². The lowest BCUT2D eigenvalue weighted by Gasteiger charge is -2.30. The first kappa shape index (κ1) is 18.9. The van der Waals surface area contributed by atoms with Crippen molar-refractivity contribution in [1.29, 1.82) is 0 Å². The molecule has 0 aliphatic carbocycles. The molecule has 2 aromatic carbocycles. The van der Waals surface area contributed by atoms with E-state index in [4.69, 9.17) is 16.3 Å². The Morgan fingerprint density at radius 1 is 1.34 bits per heavy atom. The Labute approximate surface area is 170 Å². The fourth-order valence-electron chi connectivity index (χ4n) is 3.59. The van der Waals surface area contributed by atoms with Gasteiger partial charge in [-0.2, -0.15) is 0 Å². The van der Waals surface area contributed by atoms with Crippen LogP contribution >= 0.6 is 11.6 Å². The van der Waals surface area contributed by atoms with Crippen molar-refractivity contribution in [3.8, 4) is 0 Å². The van der Waals surface area contributed by atoms with E-state index < -0.39 is 16.9 Å². The molecule has 4 rings (SSSR count). The third kappa shape index (κ3) is 3.11. The molecule has 1 atom stereocenters. The second-order valence-electron chi connectivity index (χ2n) is 6.54. The van der Waals surface area contributed by atoms with Gasteiger partial charge in [0.15, 0.2) is 0 Å². The van der Waals surface area contributed by atoms with E-state index in [-0.39, 0.29) is 12.3 Å². The topological polar surface area (TPSA) is 99.3 Å². The zero-order chi connectivity index (χ0) is 20.7. The average Bonchev–Trinajstić information content (AvgIpc) is 3.05. The van der Waals surface area contributed by atoms with E-state index in [1.54, 1.807) is 13.8 Å². The summed E-state index contributed by atoms with van der Waals surface area (Å²) in [6.45, 7) is 3.66. The van der Waals surface area contributed by atoms with Crippen LogP contribution in [0.15, 0.2) is 53.7 Å². The van der Waals surface area contributed by atoms with Gasteiger partial charge < -0.3 is 10.1 Å². The molecule has 0 bridgehead atoms. The lowest BCUT2D eigenvalue weighted by Crippen LogP contribution is -2.29. The number of rotatable bonds is 4. The number of ether oxygens (including phenoxy) is 1. The van der Waals surface area contributed by atoms with Crippen LogP contribution in [0.5, 0.6) is 0 Å². The van der Waals surface area contributed by atoms with E-state index in [1.165, 1.54) is 18.2 Å². The van der Waals surface area contributed by atoms with Gasteiger partial charge in [-0.3, -0.25) is 14.7 Å². The summed E-state index contributed by atoms with van der Waals surface area (Å²) in [6, 6.07) is 10.9. The first-order valence-electron chi connectivity index (χ1n) is 8.98. The van der Waals surface area contributed by atoms with Crippen molar-refractivity contribution in [3.05, 3.63) is 74.4 Å². The van der Waals surface area contributed by atoms with Crippen LogP contribution < -0.4 is 5.32 Å². The molecule has 1 unspecified atom stereocenters. The van der Waals surface area contributed by atoms with E-state index >= 15 is 0 Å². The largest absolute Gasteiger partial charge is 0.463 e. The van der Waals surface area contributed by atoms with Crippen molar-refractivity contribution in [3.63, 3.8) is 0 Å². The number of imidazole rings is 1. The summed E-state index contributed by atoms with van der Waals surface area (Å²) in [5, 5.41) is 14.8. The number of aromatic nitrogens is 2. The smallest absolute Gasteiger partial charge is 0.338 e. The highest BCUT2D eigenvalue weighted by atomic mass is 35.5. The first-order valence-corrected chi connectivity index (χ1v) is 9.36. The first-order chi connectivity index (χ1) is 13.9. The van der Waals surface area contributed by atoms with Crippen LogP contribution in [0.2, 0.25) is 5.02 Å². The van der Waals surface area contributed by atoms with E-state index in [0.29, 0.717) is 27.8 Å². The lowest BCUT2D eigenvalue weighted by molar-refractivity contribution is -0.384. The van der Waals surface area contributed by atoms with Gasteiger partial charge in [-0.25, -0.2) is 9.78 Å². The molecule has 0 radical (unpaired) electrons. The van der Waals surface area contributed by atoms with Gasteiger partial charge in [-0.05, 0) is 32.0 Å². The van der Waals surface area contributed by atoms with Crippen LogP contribution in [0.3, 0.4) is 0 Å². The van der Waals surface area contributed by atoms with Gasteiger partial charge >= 0.3 is 5.97 Å². The third-order valence-electron chi connectivity index (χ3n) is 4.81. The van der Waals surface area contributed by atoms with Gasteiger partial charge in [-0.1, -0.05) is 23.7 Å². The van der Waals surface area contributed by atoms with Crippen LogP contribution in [-0.4, -0.2) is 27.1 Å². The number of carbonyl (C=O) groups excluding carboxylic acids is 1. The van der Waals surface area contributed by atoms with Gasteiger partial charge in [0.1, 0.15) is 0 Å². The normalized spacial score (nSPS) is 15.8. The van der Waals surface area contributed by atoms with E-state index in [1.807, 2.05) is 28.8 Å². The average molecular weight is 413 g/mol. The number of allylic oxidation sites excluding steroid dienone is 1. The SMILES string of the molecule is CCOC(=O)C1=C(C)Nc2nc3ccccc3n2C1c1cc([N+](=O)[O-])ccc1Cl. The number of nitrogens with zero attached hydrogens (tertiary/aromatic N) is 3. The quantitative estimate of drug-likeness (QED) is 0.386. The molecule has 1 aliphatic rings. The van der Waals surface area contributed by atoms with Gasteiger partial charge in [0.25, 0.3) is 5.69 Å². The van der Waals surface area contributed by atoms with Crippen molar-refractivity contribution < 1.29 is 14.5 Å². The molecule has 0 saturated carbocycles. The second-order valence-corrected chi connectivity index (χ2v) is 6.95. The number of para-hydroxylation sites is 2. The molecular formula is C20H17ClN4O4. The lowest BCUT2D eigenvalue weighted by atomic mass is 9.94. The van der Waals surface area contributed by atoms with Crippen molar-refractivity contribution in [2.45, 2.75) is 19.9 Å². The zero-order valence-corrected chi connectivity index (χ0v) is 16.4. The highest BCUT2D eigenvalue weighted by molar-refractivity contribution is 6.31. The number of carbonyl (C=O) groups is 1. The van der Waals surface area contributed by atoms with E-state index in [9.17, 15) is 14.9 Å². The Morgan fingerprint density at radius 3 is 2.83 bits per heavy atom. The molecule has 1 N–H and O–H groups in total. The molecule has 148 valence electrons. The number of nitrogens with one attached hydrogen (secondary N) is 1. The zero-order valence-electron chi connectivity index (χ0n) is 15.7. The molecule has 1 aromatic heterocycles. The highest BCUT2D eigenvalue weighted by Gasteiger charge is 2.36. The molecule has 3 aromatic rings. The van der Waals surface area contributed by atoms with Gasteiger partial charge in [0.05, 0.1) is 34.2 Å². The molecule has 9 heteroatoms. The summed E-state index contributed by atoms with van der Waals surface area (Å²) in [4.78, 5) is 28.3. The van der Waals surface area contributed by atoms with Crippen LogP contribution in [-0.2, 0) is 9.53 Å². The van der Waals surface area contributed by atoms with Crippen LogP contribution in [0.4, 0.5) is 11.6 Å². The van der Waals surface area contributed by atoms with Gasteiger partial charge in [0.2, 0.25) is 5.95 Å². The Kier molecular flexibility index (Phi) is 4.71. The molecule has 0 saturated heterocycles. The van der Waals surface area contributed by atoms with Crippen molar-refractivity contribution >= 4 is 40.2 Å². The maximum absolute atomic E-state index is 12.9. The minimum Gasteiger partial charge on any atom is -0.463 e. The number of halogens is 1. The maximum atomic E-state index is 12.9. The van der Waals surface area contributed by atoms with Crippen molar-refractivity contribution in [1.82, 2.24) is 9.55 Å². The summed E-state index contributed by atoms with van der Waals surface area (Å²) in [5.74, 6) is -0.00201. The Bertz CT molecular complexity index is 1180. The molecule has 1 aliphatic heterocycles. The molecule has 2 heterocycles. The molecule has 8 nitrogen and oxygen atoms in total. The number of non-ortho nitro benzene ring substituents is 1. The van der Waals surface area contributed by atoms with Gasteiger partial charge in [0, 0.05) is 28.4 Å². The number of nitro benzene ring substituents is 1. The second kappa shape index (κ2) is 7.21.